The van der Waals surface area contributed by atoms with Crippen molar-refractivity contribution < 1.29 is 19.1 Å². The Bertz CT molecular complexity index is 1010. The topological polar surface area (TPSA) is 77.0 Å². The van der Waals surface area contributed by atoms with Crippen LogP contribution in [0.15, 0.2) is 90.0 Å². The lowest BCUT2D eigenvalue weighted by atomic mass is 9.96. The Morgan fingerprint density at radius 2 is 1.21 bits per heavy atom. The molecule has 0 aromatic heterocycles. The number of nitrogens with one attached hydrogen (secondary N) is 1. The summed E-state index contributed by atoms with van der Waals surface area (Å²) in [7, 11) is 0. The molecule has 0 spiro atoms. The molecule has 3 aromatic carbocycles. The van der Waals surface area contributed by atoms with Crippen molar-refractivity contribution in [2.45, 2.75) is 5.79 Å². The fourth-order valence-corrected chi connectivity index (χ4v) is 3.04. The van der Waals surface area contributed by atoms with E-state index in [1.807, 2.05) is 12.1 Å². The number of nitrogens with zero attached hydrogens (tertiary/aromatic N) is 1. The number of carbonyl (C=O) groups is 2. The van der Waals surface area contributed by atoms with Crippen molar-refractivity contribution in [3.8, 4) is 0 Å². The molecule has 1 saturated heterocycles. The summed E-state index contributed by atoms with van der Waals surface area (Å²) in [4.78, 5) is 25.5. The minimum atomic E-state index is -1.68. The van der Waals surface area contributed by atoms with E-state index >= 15 is 0 Å². The summed E-state index contributed by atoms with van der Waals surface area (Å²) in [6.45, 7) is 0. The lowest BCUT2D eigenvalue weighted by Crippen LogP contribution is -2.49. The van der Waals surface area contributed by atoms with Crippen LogP contribution < -0.4 is 5.43 Å². The third-order valence-corrected chi connectivity index (χ3v) is 4.56. The normalized spacial score (nSPS) is 15.3. The highest BCUT2D eigenvalue weighted by molar-refractivity contribution is 6.63. The van der Waals surface area contributed by atoms with Gasteiger partial charge in [0.15, 0.2) is 0 Å². The minimum Gasteiger partial charge on any atom is -0.409 e. The van der Waals surface area contributed by atoms with Gasteiger partial charge in [-0.05, 0) is 24.3 Å². The van der Waals surface area contributed by atoms with Crippen molar-refractivity contribution in [3.05, 3.63) is 101 Å². The molecule has 0 bridgehead atoms. The fourth-order valence-electron chi connectivity index (χ4n) is 2.92. The second kappa shape index (κ2) is 7.77. The Morgan fingerprint density at radius 3 is 1.69 bits per heavy atom. The van der Waals surface area contributed by atoms with Crippen LogP contribution in [0.4, 0.5) is 5.69 Å². The minimum absolute atomic E-state index is 0.484. The van der Waals surface area contributed by atoms with Gasteiger partial charge in [0.05, 0.1) is 5.69 Å². The monoisotopic (exact) mass is 406 g/mol. The van der Waals surface area contributed by atoms with Gasteiger partial charge in [-0.15, -0.1) is 0 Å². The molecule has 1 aliphatic heterocycles. The van der Waals surface area contributed by atoms with Crippen LogP contribution in [0.2, 0.25) is 5.02 Å². The maximum Gasteiger partial charge on any atom is 0.370 e. The Balaban J connectivity index is 1.68. The van der Waals surface area contributed by atoms with E-state index in [2.05, 4.69) is 10.5 Å². The summed E-state index contributed by atoms with van der Waals surface area (Å²) in [5.74, 6) is -3.47. The predicted octanol–water partition coefficient (Wildman–Crippen LogP) is 4.11. The smallest absolute Gasteiger partial charge is 0.370 e. The third-order valence-electron chi connectivity index (χ3n) is 4.31. The van der Waals surface area contributed by atoms with E-state index < -0.39 is 23.4 Å². The number of hydrazone groups is 1. The largest absolute Gasteiger partial charge is 0.409 e. The van der Waals surface area contributed by atoms with Crippen molar-refractivity contribution in [1.29, 1.82) is 0 Å². The van der Waals surface area contributed by atoms with E-state index in [1.165, 1.54) is 0 Å². The van der Waals surface area contributed by atoms with Gasteiger partial charge in [0.2, 0.25) is 0 Å². The predicted molar refractivity (Wildman–Crippen MR) is 108 cm³/mol. The average Bonchev–Trinajstić information content (AvgIpc) is 2.75. The molecule has 4 rings (SSSR count). The molecular weight excluding hydrogens is 392 g/mol. The molecule has 1 heterocycles. The number of rotatable bonds is 4. The van der Waals surface area contributed by atoms with E-state index in [0.29, 0.717) is 21.8 Å². The summed E-state index contributed by atoms with van der Waals surface area (Å²) >= 11 is 5.84. The molecule has 0 atom stereocenters. The Hall–Kier alpha value is -3.64. The molecule has 144 valence electrons. The van der Waals surface area contributed by atoms with E-state index in [0.717, 1.165) is 0 Å². The standard InChI is InChI=1S/C22H15ClN2O4/c23-17-11-13-18(14-12-17)24-25-19-20(26)28-22(29-21(19)27,15-7-3-1-4-8-15)16-9-5-2-6-10-16/h1-14,24H. The molecule has 0 saturated carbocycles. The van der Waals surface area contributed by atoms with Gasteiger partial charge in [-0.3, -0.25) is 5.43 Å². The third kappa shape index (κ3) is 3.70. The Kier molecular flexibility index (Phi) is 5.01. The second-order valence-electron chi connectivity index (χ2n) is 6.21. The number of esters is 2. The highest BCUT2D eigenvalue weighted by atomic mass is 35.5. The van der Waals surface area contributed by atoms with Crippen molar-refractivity contribution >= 4 is 34.9 Å². The van der Waals surface area contributed by atoms with E-state index in [-0.39, 0.29) is 0 Å². The van der Waals surface area contributed by atoms with Gasteiger partial charge in [0.25, 0.3) is 5.71 Å². The quantitative estimate of drug-likeness (QED) is 0.521. The van der Waals surface area contributed by atoms with Crippen LogP contribution in [0, 0.1) is 0 Å². The number of cyclic esters (lactones) is 2. The molecule has 1 aliphatic rings. The van der Waals surface area contributed by atoms with E-state index in [4.69, 9.17) is 21.1 Å². The van der Waals surface area contributed by atoms with E-state index in [1.54, 1.807) is 72.8 Å². The average molecular weight is 407 g/mol. The Labute approximate surface area is 171 Å². The molecule has 0 amide bonds. The molecule has 1 fully saturated rings. The van der Waals surface area contributed by atoms with Crippen LogP contribution in [-0.2, 0) is 24.8 Å². The first-order chi connectivity index (χ1) is 14.1. The van der Waals surface area contributed by atoms with Crippen LogP contribution in [0.5, 0.6) is 0 Å². The maximum atomic E-state index is 12.7. The van der Waals surface area contributed by atoms with Gasteiger partial charge in [-0.25, -0.2) is 9.59 Å². The number of hydrogen-bond acceptors (Lipinski definition) is 6. The van der Waals surface area contributed by atoms with Gasteiger partial charge in [-0.2, -0.15) is 5.10 Å². The van der Waals surface area contributed by atoms with Gasteiger partial charge in [0, 0.05) is 16.1 Å². The highest BCUT2D eigenvalue weighted by Crippen LogP contribution is 2.37. The zero-order valence-electron chi connectivity index (χ0n) is 15.0. The van der Waals surface area contributed by atoms with Gasteiger partial charge in [0.1, 0.15) is 0 Å². The molecule has 3 aromatic rings. The van der Waals surface area contributed by atoms with Crippen molar-refractivity contribution in [2.75, 3.05) is 5.43 Å². The van der Waals surface area contributed by atoms with E-state index in [9.17, 15) is 9.59 Å². The first kappa shape index (κ1) is 18.7. The molecular formula is C22H15ClN2O4. The SMILES string of the molecule is O=C1OC(c2ccccc2)(c2ccccc2)OC(=O)C1=NNc1ccc(Cl)cc1. The first-order valence-corrected chi connectivity index (χ1v) is 9.13. The summed E-state index contributed by atoms with van der Waals surface area (Å²) < 4.78 is 11.3. The van der Waals surface area contributed by atoms with Gasteiger partial charge in [-0.1, -0.05) is 72.3 Å². The molecule has 0 unspecified atom stereocenters. The van der Waals surface area contributed by atoms with Crippen molar-refractivity contribution in [2.24, 2.45) is 5.10 Å². The number of ether oxygens (including phenoxy) is 2. The summed E-state index contributed by atoms with van der Waals surface area (Å²) in [6.07, 6.45) is 0. The first-order valence-electron chi connectivity index (χ1n) is 8.75. The van der Waals surface area contributed by atoms with Crippen LogP contribution in [0.25, 0.3) is 0 Å². The summed E-state index contributed by atoms with van der Waals surface area (Å²) in [6, 6.07) is 24.2. The van der Waals surface area contributed by atoms with Crippen LogP contribution >= 0.6 is 11.6 Å². The Morgan fingerprint density at radius 1 is 0.724 bits per heavy atom. The second-order valence-corrected chi connectivity index (χ2v) is 6.64. The lowest BCUT2D eigenvalue weighted by Gasteiger charge is -2.36. The highest BCUT2D eigenvalue weighted by Gasteiger charge is 2.50. The van der Waals surface area contributed by atoms with Crippen molar-refractivity contribution in [3.63, 3.8) is 0 Å². The molecule has 29 heavy (non-hydrogen) atoms. The number of carbonyl (C=O) groups excluding carboxylic acids is 2. The lowest BCUT2D eigenvalue weighted by molar-refractivity contribution is -0.217. The van der Waals surface area contributed by atoms with Crippen molar-refractivity contribution in [1.82, 2.24) is 0 Å². The molecule has 1 N–H and O–H groups in total. The number of halogens is 1. The van der Waals surface area contributed by atoms with Crippen LogP contribution in [-0.4, -0.2) is 17.7 Å². The number of hydrogen-bond donors (Lipinski definition) is 1. The summed E-state index contributed by atoms with van der Waals surface area (Å²) in [5, 5.41) is 4.42. The molecule has 0 radical (unpaired) electrons. The fraction of sp³-hybridized carbons (Fsp3) is 0.0455. The molecule has 0 aliphatic carbocycles. The van der Waals surface area contributed by atoms with Gasteiger partial charge >= 0.3 is 17.7 Å². The zero-order valence-corrected chi connectivity index (χ0v) is 15.8. The summed E-state index contributed by atoms with van der Waals surface area (Å²) in [5.41, 5.74) is 3.72. The van der Waals surface area contributed by atoms with Crippen LogP contribution in [0.3, 0.4) is 0 Å². The zero-order chi connectivity index (χ0) is 20.3. The molecule has 6 nitrogen and oxygen atoms in total. The maximum absolute atomic E-state index is 12.7. The number of benzene rings is 3. The van der Waals surface area contributed by atoms with Gasteiger partial charge < -0.3 is 9.47 Å². The molecule has 7 heteroatoms. The number of anilines is 1. The van der Waals surface area contributed by atoms with Crippen LogP contribution in [0.1, 0.15) is 11.1 Å².